The van der Waals surface area contributed by atoms with Gasteiger partial charge >= 0.3 is 0 Å². The van der Waals surface area contributed by atoms with E-state index in [9.17, 15) is 4.79 Å². The molecule has 4 heteroatoms. The minimum Gasteiger partial charge on any atom is -0.490 e. The van der Waals surface area contributed by atoms with Gasteiger partial charge < -0.3 is 15.4 Å². The molecule has 2 rings (SSSR count). The summed E-state index contributed by atoms with van der Waals surface area (Å²) in [4.78, 5) is 14.4. The van der Waals surface area contributed by atoms with E-state index in [4.69, 9.17) is 10.5 Å². The third-order valence-corrected chi connectivity index (χ3v) is 3.63. The zero-order valence-electron chi connectivity index (χ0n) is 12.3. The fourth-order valence-corrected chi connectivity index (χ4v) is 2.72. The molecule has 1 atom stereocenters. The van der Waals surface area contributed by atoms with Crippen molar-refractivity contribution in [1.82, 2.24) is 0 Å². The zero-order chi connectivity index (χ0) is 14.5. The Bertz CT molecular complexity index is 460. The summed E-state index contributed by atoms with van der Waals surface area (Å²) in [6.45, 7) is 6.07. The van der Waals surface area contributed by atoms with E-state index < -0.39 is 0 Å². The van der Waals surface area contributed by atoms with Crippen LogP contribution in [0.15, 0.2) is 24.3 Å². The molecule has 2 N–H and O–H groups in total. The number of carbonyl (C=O) groups excluding carboxylic acids is 1. The molecule has 0 radical (unpaired) electrons. The fourth-order valence-electron chi connectivity index (χ4n) is 2.72. The van der Waals surface area contributed by atoms with Crippen molar-refractivity contribution in [1.29, 1.82) is 0 Å². The first-order valence-electron chi connectivity index (χ1n) is 7.34. The molecule has 0 fully saturated rings. The summed E-state index contributed by atoms with van der Waals surface area (Å²) < 4.78 is 5.58. The maximum atomic E-state index is 12.5. The maximum Gasteiger partial charge on any atom is 0.227 e. The molecule has 1 aliphatic heterocycles. The highest BCUT2D eigenvalue weighted by atomic mass is 16.5. The van der Waals surface area contributed by atoms with Gasteiger partial charge in [-0.25, -0.2) is 0 Å². The van der Waals surface area contributed by atoms with Crippen molar-refractivity contribution in [3.63, 3.8) is 0 Å². The number of hydrogen-bond donors (Lipinski definition) is 1. The van der Waals surface area contributed by atoms with E-state index in [1.54, 1.807) is 0 Å². The van der Waals surface area contributed by atoms with E-state index >= 15 is 0 Å². The highest BCUT2D eigenvalue weighted by Crippen LogP contribution is 2.32. The number of para-hydroxylation sites is 2. The molecule has 0 saturated carbocycles. The maximum absolute atomic E-state index is 12.5. The summed E-state index contributed by atoms with van der Waals surface area (Å²) in [6.07, 6.45) is 1.51. The summed E-state index contributed by atoms with van der Waals surface area (Å²) >= 11 is 0. The number of hydrogen-bond acceptors (Lipinski definition) is 3. The van der Waals surface area contributed by atoms with Crippen LogP contribution in [0.5, 0.6) is 5.75 Å². The summed E-state index contributed by atoms with van der Waals surface area (Å²) in [5.41, 5.74) is 6.68. The lowest BCUT2D eigenvalue weighted by molar-refractivity contribution is -0.119. The smallest absolute Gasteiger partial charge is 0.227 e. The van der Waals surface area contributed by atoms with Gasteiger partial charge in [0.25, 0.3) is 0 Å². The number of rotatable bonds is 5. The van der Waals surface area contributed by atoms with Gasteiger partial charge in [-0.2, -0.15) is 0 Å². The minimum atomic E-state index is 0.150. The number of benzene rings is 1. The van der Waals surface area contributed by atoms with Gasteiger partial charge in [0, 0.05) is 6.42 Å². The second-order valence-corrected chi connectivity index (χ2v) is 5.80. The largest absolute Gasteiger partial charge is 0.490 e. The molecule has 20 heavy (non-hydrogen) atoms. The summed E-state index contributed by atoms with van der Waals surface area (Å²) in [6, 6.07) is 7.70. The monoisotopic (exact) mass is 276 g/mol. The van der Waals surface area contributed by atoms with Gasteiger partial charge in [-0.3, -0.25) is 4.79 Å². The molecule has 1 aliphatic rings. The Morgan fingerprint density at radius 3 is 2.85 bits per heavy atom. The summed E-state index contributed by atoms with van der Waals surface area (Å²) in [5.74, 6) is 1.77. The highest BCUT2D eigenvalue weighted by Gasteiger charge is 2.25. The van der Waals surface area contributed by atoms with Crippen LogP contribution in [0.2, 0.25) is 0 Å². The van der Waals surface area contributed by atoms with Crippen molar-refractivity contribution in [3.05, 3.63) is 24.3 Å². The minimum absolute atomic E-state index is 0.150. The van der Waals surface area contributed by atoms with Gasteiger partial charge in [-0.05, 0) is 36.9 Å². The topological polar surface area (TPSA) is 55.6 Å². The average Bonchev–Trinajstić information content (AvgIpc) is 2.45. The van der Waals surface area contributed by atoms with Crippen LogP contribution < -0.4 is 15.4 Å². The van der Waals surface area contributed by atoms with Crippen LogP contribution in [0, 0.1) is 11.8 Å². The van der Waals surface area contributed by atoms with Crippen LogP contribution >= 0.6 is 0 Å². The molecule has 1 amide bonds. The predicted octanol–water partition coefficient (Wildman–Crippen LogP) is 2.42. The second-order valence-electron chi connectivity index (χ2n) is 5.80. The lowest BCUT2D eigenvalue weighted by Gasteiger charge is -2.30. The number of nitrogens with two attached hydrogens (primary N) is 1. The van der Waals surface area contributed by atoms with Gasteiger partial charge in [-0.1, -0.05) is 26.0 Å². The normalized spacial score (nSPS) is 15.7. The molecule has 0 aromatic heterocycles. The quantitative estimate of drug-likeness (QED) is 0.898. The standard InChI is InChI=1S/C16H24N2O2/c1-12(2)9-13(11-17)10-16(19)18-7-8-20-15-6-4-3-5-14(15)18/h3-6,12-13H,7-11,17H2,1-2H3/t13-/m0/s1. The molecule has 110 valence electrons. The molecule has 4 nitrogen and oxygen atoms in total. The van der Waals surface area contributed by atoms with Crippen LogP contribution in [0.1, 0.15) is 26.7 Å². The van der Waals surface area contributed by atoms with Crippen LogP contribution in [0.4, 0.5) is 5.69 Å². The second kappa shape index (κ2) is 6.75. The molecule has 0 saturated heterocycles. The van der Waals surface area contributed by atoms with E-state index in [2.05, 4.69) is 13.8 Å². The van der Waals surface area contributed by atoms with E-state index in [1.165, 1.54) is 0 Å². The Morgan fingerprint density at radius 2 is 2.15 bits per heavy atom. The van der Waals surface area contributed by atoms with E-state index in [0.29, 0.717) is 32.0 Å². The van der Waals surface area contributed by atoms with Crippen LogP contribution in [0.25, 0.3) is 0 Å². The molecule has 0 spiro atoms. The third-order valence-electron chi connectivity index (χ3n) is 3.63. The van der Waals surface area contributed by atoms with Crippen LogP contribution in [-0.4, -0.2) is 25.6 Å². The number of anilines is 1. The molecule has 1 aromatic carbocycles. The molecule has 0 aliphatic carbocycles. The SMILES string of the molecule is CC(C)C[C@H](CN)CC(=O)N1CCOc2ccccc21. The van der Waals surface area contributed by atoms with Crippen molar-refractivity contribution in [2.45, 2.75) is 26.7 Å². The van der Waals surface area contributed by atoms with Crippen molar-refractivity contribution in [3.8, 4) is 5.75 Å². The average molecular weight is 276 g/mol. The predicted molar refractivity (Wildman–Crippen MR) is 80.9 cm³/mol. The number of amides is 1. The van der Waals surface area contributed by atoms with E-state index in [-0.39, 0.29) is 11.8 Å². The molecular weight excluding hydrogens is 252 g/mol. The van der Waals surface area contributed by atoms with E-state index in [1.807, 2.05) is 29.2 Å². The Kier molecular flexibility index (Phi) is 5.01. The summed E-state index contributed by atoms with van der Waals surface area (Å²) in [7, 11) is 0. The molecular formula is C16H24N2O2. The first-order valence-corrected chi connectivity index (χ1v) is 7.34. The van der Waals surface area contributed by atoms with Gasteiger partial charge in [0.15, 0.2) is 0 Å². The van der Waals surface area contributed by atoms with Crippen LogP contribution in [-0.2, 0) is 4.79 Å². The third kappa shape index (κ3) is 3.51. The number of carbonyl (C=O) groups is 1. The fraction of sp³-hybridized carbons (Fsp3) is 0.562. The molecule has 0 bridgehead atoms. The van der Waals surface area contributed by atoms with Crippen molar-refractivity contribution in [2.75, 3.05) is 24.6 Å². The number of ether oxygens (including phenoxy) is 1. The van der Waals surface area contributed by atoms with Gasteiger partial charge in [0.05, 0.1) is 12.2 Å². The number of fused-ring (bicyclic) bond motifs is 1. The first kappa shape index (κ1) is 14.9. The van der Waals surface area contributed by atoms with Gasteiger partial charge in [-0.15, -0.1) is 0 Å². The molecule has 1 heterocycles. The molecule has 0 unspecified atom stereocenters. The Hall–Kier alpha value is -1.55. The Balaban J connectivity index is 2.06. The van der Waals surface area contributed by atoms with Crippen molar-refractivity contribution >= 4 is 11.6 Å². The van der Waals surface area contributed by atoms with E-state index in [0.717, 1.165) is 17.9 Å². The lowest BCUT2D eigenvalue weighted by Crippen LogP contribution is -2.39. The Morgan fingerprint density at radius 1 is 1.40 bits per heavy atom. The zero-order valence-corrected chi connectivity index (χ0v) is 12.3. The van der Waals surface area contributed by atoms with Crippen LogP contribution in [0.3, 0.4) is 0 Å². The first-order chi connectivity index (χ1) is 9.61. The summed E-state index contributed by atoms with van der Waals surface area (Å²) in [5, 5.41) is 0. The number of nitrogens with zero attached hydrogens (tertiary/aromatic N) is 1. The van der Waals surface area contributed by atoms with Gasteiger partial charge in [0.2, 0.25) is 5.91 Å². The lowest BCUT2D eigenvalue weighted by atomic mass is 9.93. The van der Waals surface area contributed by atoms with Crippen molar-refractivity contribution < 1.29 is 9.53 Å². The molecule has 1 aromatic rings. The van der Waals surface area contributed by atoms with Gasteiger partial charge in [0.1, 0.15) is 12.4 Å². The highest BCUT2D eigenvalue weighted by molar-refractivity contribution is 5.95. The Labute approximate surface area is 120 Å². The van der Waals surface area contributed by atoms with Crippen molar-refractivity contribution in [2.24, 2.45) is 17.6 Å².